The molecule has 1 N–H and O–H groups in total. The molecule has 3 atom stereocenters. The molecule has 118 valence electrons. The van der Waals surface area contributed by atoms with Gasteiger partial charge in [-0.3, -0.25) is 9.69 Å². The Bertz CT molecular complexity index is 494. The number of halogens is 1. The Hall–Kier alpha value is -0.900. The fourth-order valence-electron chi connectivity index (χ4n) is 4.63. The van der Waals surface area contributed by atoms with E-state index in [1.54, 1.807) is 0 Å². The van der Waals surface area contributed by atoms with Crippen LogP contribution in [0.25, 0.3) is 0 Å². The third-order valence-corrected chi connectivity index (χ3v) is 5.46. The molecule has 0 radical (unpaired) electrons. The van der Waals surface area contributed by atoms with E-state index in [1.807, 2.05) is 0 Å². The molecule has 1 amide bonds. The molecule has 2 fully saturated rings. The van der Waals surface area contributed by atoms with E-state index in [0.29, 0.717) is 37.0 Å². The van der Waals surface area contributed by atoms with Crippen molar-refractivity contribution in [2.45, 2.75) is 77.4 Å². The first-order valence-electron chi connectivity index (χ1n) is 8.19. The van der Waals surface area contributed by atoms with Gasteiger partial charge in [0.05, 0.1) is 0 Å². The number of fused-ring (bicyclic) bond motifs is 1. The molecule has 21 heavy (non-hydrogen) atoms. The number of likely N-dealkylation sites (tertiary alicyclic amines) is 1. The molecule has 2 unspecified atom stereocenters. The highest BCUT2D eigenvalue weighted by molar-refractivity contribution is 5.94. The minimum Gasteiger partial charge on any atom is -0.352 e. The highest BCUT2D eigenvalue weighted by Crippen LogP contribution is 2.60. The molecule has 3 aliphatic rings. The molecular formula is C17H27FN2O. The van der Waals surface area contributed by atoms with E-state index in [0.717, 1.165) is 19.3 Å². The molecular weight excluding hydrogens is 267 g/mol. The van der Waals surface area contributed by atoms with Gasteiger partial charge in [-0.2, -0.15) is 0 Å². The van der Waals surface area contributed by atoms with Crippen molar-refractivity contribution < 1.29 is 9.18 Å². The van der Waals surface area contributed by atoms with Crippen molar-refractivity contribution in [2.75, 3.05) is 6.54 Å². The maximum atomic E-state index is 13.5. The molecule has 1 saturated heterocycles. The van der Waals surface area contributed by atoms with E-state index in [2.05, 4.69) is 37.9 Å². The number of rotatable bonds is 3. The van der Waals surface area contributed by atoms with Crippen LogP contribution in [0, 0.1) is 5.41 Å². The van der Waals surface area contributed by atoms with Crippen LogP contribution in [0.2, 0.25) is 0 Å². The summed E-state index contributed by atoms with van der Waals surface area (Å²) in [5.74, 6) is -0.375. The lowest BCUT2D eigenvalue weighted by atomic mass is 9.99. The Morgan fingerprint density at radius 2 is 2.10 bits per heavy atom. The van der Waals surface area contributed by atoms with Gasteiger partial charge in [-0.05, 0) is 59.8 Å². The topological polar surface area (TPSA) is 32.3 Å². The average molecular weight is 294 g/mol. The van der Waals surface area contributed by atoms with E-state index in [9.17, 15) is 9.18 Å². The Labute approximate surface area is 127 Å². The van der Waals surface area contributed by atoms with Crippen molar-refractivity contribution in [3.05, 3.63) is 11.4 Å². The Balaban J connectivity index is 1.61. The Kier molecular flexibility index (Phi) is 3.43. The third-order valence-electron chi connectivity index (χ3n) is 5.46. The standard InChI is InChI=1S/C17H27FN2O/c1-11-8-17(9-14(17)20(11)16(2,3)4)10-19-15(21)12-6-5-7-13(12)18/h11,14H,5-10H2,1-4H3,(H,19,21)/t11?,14?,17-/m0/s1. The number of carbonyl (C=O) groups is 1. The molecule has 1 heterocycles. The number of piperidine rings is 1. The lowest BCUT2D eigenvalue weighted by molar-refractivity contribution is -0.117. The van der Waals surface area contributed by atoms with Gasteiger partial charge in [-0.25, -0.2) is 4.39 Å². The lowest BCUT2D eigenvalue weighted by Gasteiger charge is -2.37. The first-order valence-corrected chi connectivity index (χ1v) is 8.19. The molecule has 2 aliphatic carbocycles. The van der Waals surface area contributed by atoms with Crippen LogP contribution in [0.1, 0.15) is 59.8 Å². The van der Waals surface area contributed by atoms with Crippen LogP contribution in [0.4, 0.5) is 4.39 Å². The monoisotopic (exact) mass is 294 g/mol. The van der Waals surface area contributed by atoms with Gasteiger partial charge in [-0.1, -0.05) is 0 Å². The number of carbonyl (C=O) groups excluding carboxylic acids is 1. The number of hydrogen-bond acceptors (Lipinski definition) is 2. The summed E-state index contributed by atoms with van der Waals surface area (Å²) in [4.78, 5) is 14.7. The number of nitrogens with zero attached hydrogens (tertiary/aromatic N) is 1. The summed E-state index contributed by atoms with van der Waals surface area (Å²) in [5, 5.41) is 3.01. The molecule has 3 nitrogen and oxygen atoms in total. The van der Waals surface area contributed by atoms with E-state index in [1.165, 1.54) is 0 Å². The number of hydrogen-bond donors (Lipinski definition) is 1. The zero-order chi connectivity index (χ0) is 15.4. The van der Waals surface area contributed by atoms with E-state index in [-0.39, 0.29) is 22.7 Å². The second-order valence-electron chi connectivity index (χ2n) is 8.13. The van der Waals surface area contributed by atoms with Crippen LogP contribution >= 0.6 is 0 Å². The van der Waals surface area contributed by atoms with Gasteiger partial charge >= 0.3 is 0 Å². The second-order valence-corrected chi connectivity index (χ2v) is 8.13. The molecule has 0 bridgehead atoms. The van der Waals surface area contributed by atoms with Crippen LogP contribution in [0.3, 0.4) is 0 Å². The smallest absolute Gasteiger partial charge is 0.249 e. The van der Waals surface area contributed by atoms with Gasteiger partial charge in [-0.15, -0.1) is 0 Å². The van der Waals surface area contributed by atoms with E-state index >= 15 is 0 Å². The van der Waals surface area contributed by atoms with Crippen molar-refractivity contribution in [1.82, 2.24) is 10.2 Å². The van der Waals surface area contributed by atoms with Gasteiger partial charge < -0.3 is 5.32 Å². The summed E-state index contributed by atoms with van der Waals surface area (Å²) in [6, 6.07) is 1.14. The number of nitrogens with one attached hydrogen (secondary N) is 1. The SMILES string of the molecule is CC1C[C@@]2(CNC(=O)C3=C(F)CCC3)CC2N1C(C)(C)C. The normalized spacial score (nSPS) is 36.0. The summed E-state index contributed by atoms with van der Waals surface area (Å²) >= 11 is 0. The van der Waals surface area contributed by atoms with Crippen molar-refractivity contribution in [2.24, 2.45) is 5.41 Å². The maximum Gasteiger partial charge on any atom is 0.249 e. The first-order chi connectivity index (χ1) is 9.74. The fraction of sp³-hybridized carbons (Fsp3) is 0.824. The molecule has 0 aromatic heterocycles. The summed E-state index contributed by atoms with van der Waals surface area (Å²) in [6.45, 7) is 9.75. The fourth-order valence-corrected chi connectivity index (χ4v) is 4.63. The minimum absolute atomic E-state index is 0.173. The van der Waals surface area contributed by atoms with Crippen LogP contribution in [-0.4, -0.2) is 35.0 Å². The van der Waals surface area contributed by atoms with Crippen LogP contribution in [0.15, 0.2) is 11.4 Å². The molecule has 1 aliphatic heterocycles. The molecule has 3 rings (SSSR count). The van der Waals surface area contributed by atoms with Crippen molar-refractivity contribution in [3.8, 4) is 0 Å². The average Bonchev–Trinajstić information content (AvgIpc) is 2.74. The summed E-state index contributed by atoms with van der Waals surface area (Å²) in [7, 11) is 0. The zero-order valence-corrected chi connectivity index (χ0v) is 13.6. The highest BCUT2D eigenvalue weighted by Gasteiger charge is 2.65. The first kappa shape index (κ1) is 15.0. The summed E-state index contributed by atoms with van der Waals surface area (Å²) in [5.41, 5.74) is 0.798. The molecule has 0 spiro atoms. The van der Waals surface area contributed by atoms with Crippen molar-refractivity contribution in [3.63, 3.8) is 0 Å². The predicted octanol–water partition coefficient (Wildman–Crippen LogP) is 3.16. The third kappa shape index (κ3) is 2.52. The minimum atomic E-state index is -0.201. The van der Waals surface area contributed by atoms with Crippen LogP contribution in [0.5, 0.6) is 0 Å². The largest absolute Gasteiger partial charge is 0.352 e. The van der Waals surface area contributed by atoms with Gasteiger partial charge in [0, 0.05) is 35.2 Å². The van der Waals surface area contributed by atoms with Gasteiger partial charge in [0.25, 0.3) is 0 Å². The second kappa shape index (κ2) is 4.80. The highest BCUT2D eigenvalue weighted by atomic mass is 19.1. The van der Waals surface area contributed by atoms with Gasteiger partial charge in [0.2, 0.25) is 5.91 Å². The summed E-state index contributed by atoms with van der Waals surface area (Å²) < 4.78 is 13.5. The van der Waals surface area contributed by atoms with Crippen LogP contribution in [-0.2, 0) is 4.79 Å². The zero-order valence-electron chi connectivity index (χ0n) is 13.6. The molecule has 4 heteroatoms. The lowest BCUT2D eigenvalue weighted by Crippen LogP contribution is -2.45. The number of allylic oxidation sites excluding steroid dienone is 1. The van der Waals surface area contributed by atoms with Crippen LogP contribution < -0.4 is 5.32 Å². The summed E-state index contributed by atoms with van der Waals surface area (Å²) in [6.07, 6.45) is 4.11. The van der Waals surface area contributed by atoms with Gasteiger partial charge in [0.15, 0.2) is 0 Å². The molecule has 1 saturated carbocycles. The predicted molar refractivity (Wildman–Crippen MR) is 81.5 cm³/mol. The molecule has 0 aromatic carbocycles. The van der Waals surface area contributed by atoms with Crippen molar-refractivity contribution >= 4 is 5.91 Å². The Morgan fingerprint density at radius 3 is 2.62 bits per heavy atom. The van der Waals surface area contributed by atoms with Gasteiger partial charge in [0.1, 0.15) is 5.83 Å². The quantitative estimate of drug-likeness (QED) is 0.867. The van der Waals surface area contributed by atoms with E-state index in [4.69, 9.17) is 0 Å². The Morgan fingerprint density at radius 1 is 1.38 bits per heavy atom. The van der Waals surface area contributed by atoms with Crippen molar-refractivity contribution in [1.29, 1.82) is 0 Å². The maximum absolute atomic E-state index is 13.5. The van der Waals surface area contributed by atoms with E-state index < -0.39 is 0 Å². The molecule has 0 aromatic rings. The number of amides is 1.